The molecule has 0 fully saturated rings. The van der Waals surface area contributed by atoms with E-state index in [1.54, 1.807) is 0 Å². The average Bonchev–Trinajstić information content (AvgIpc) is 2.00. The van der Waals surface area contributed by atoms with E-state index in [9.17, 15) is 0 Å². The smallest absolute Gasteiger partial charge is 0.240 e. The van der Waals surface area contributed by atoms with Gasteiger partial charge in [0.2, 0.25) is 10.5 Å². The maximum atomic E-state index is 6.81. The van der Waals surface area contributed by atoms with Crippen LogP contribution in [-0.4, -0.2) is 15.3 Å². The van der Waals surface area contributed by atoms with Gasteiger partial charge < -0.3 is 4.80 Å². The predicted octanol–water partition coefficient (Wildman–Crippen LogP) is 1.37. The third-order valence-corrected chi connectivity index (χ3v) is 1.43. The van der Waals surface area contributed by atoms with Crippen LogP contribution in [-0.2, 0) is 0 Å². The standard InChI is InChI=1S/C8H10.HOSi/c1-7-5-3-4-6-8(7)2;1-2/h3-6H,1-2H3;1H. The Kier molecular flexibility index (Phi) is 4.89. The molecule has 1 nitrogen and oxygen atoms in total. The van der Waals surface area contributed by atoms with E-state index in [4.69, 9.17) is 4.80 Å². The van der Waals surface area contributed by atoms with Gasteiger partial charge in [-0.1, -0.05) is 24.3 Å². The van der Waals surface area contributed by atoms with Gasteiger partial charge in [-0.2, -0.15) is 0 Å². The van der Waals surface area contributed by atoms with Gasteiger partial charge in [0, 0.05) is 0 Å². The van der Waals surface area contributed by atoms with E-state index >= 15 is 0 Å². The van der Waals surface area contributed by atoms with E-state index in [2.05, 4.69) is 38.1 Å². The minimum Gasteiger partial charge on any atom is -0.433 e. The van der Waals surface area contributed by atoms with Gasteiger partial charge in [0.15, 0.2) is 0 Å². The van der Waals surface area contributed by atoms with Gasteiger partial charge >= 0.3 is 0 Å². The fourth-order valence-corrected chi connectivity index (χ4v) is 0.663. The van der Waals surface area contributed by atoms with Crippen LogP contribution in [0.4, 0.5) is 0 Å². The molecule has 0 saturated heterocycles. The van der Waals surface area contributed by atoms with Gasteiger partial charge in [-0.25, -0.2) is 0 Å². The summed E-state index contributed by atoms with van der Waals surface area (Å²) >= 11 is 0. The van der Waals surface area contributed by atoms with Crippen LogP contribution in [0.25, 0.3) is 0 Å². The number of benzene rings is 1. The van der Waals surface area contributed by atoms with Crippen molar-refractivity contribution in [2.24, 2.45) is 0 Å². The van der Waals surface area contributed by atoms with E-state index < -0.39 is 0 Å². The topological polar surface area (TPSA) is 20.2 Å². The second-order valence-electron chi connectivity index (χ2n) is 2.08. The van der Waals surface area contributed by atoms with E-state index in [0.29, 0.717) is 0 Å². The lowest BCUT2D eigenvalue weighted by molar-refractivity contribution is 0.629. The molecule has 0 heterocycles. The van der Waals surface area contributed by atoms with E-state index in [1.165, 1.54) is 11.1 Å². The van der Waals surface area contributed by atoms with Crippen molar-refractivity contribution in [3.05, 3.63) is 35.4 Å². The maximum absolute atomic E-state index is 6.81. The Morgan fingerprint density at radius 3 is 1.50 bits per heavy atom. The maximum Gasteiger partial charge on any atom is 0.240 e. The second-order valence-corrected chi connectivity index (χ2v) is 2.08. The van der Waals surface area contributed by atoms with E-state index in [-0.39, 0.29) is 0 Å². The van der Waals surface area contributed by atoms with Crippen LogP contribution >= 0.6 is 0 Å². The summed E-state index contributed by atoms with van der Waals surface area (Å²) in [5, 5.41) is 0. The Labute approximate surface area is 65.3 Å². The molecule has 0 spiro atoms. The number of rotatable bonds is 0. The number of hydrogen-bond acceptors (Lipinski definition) is 1. The molecule has 0 atom stereocenters. The fraction of sp³-hybridized carbons (Fsp3) is 0.250. The van der Waals surface area contributed by atoms with Gasteiger partial charge in [-0.05, 0) is 25.0 Å². The molecule has 1 aromatic carbocycles. The Morgan fingerprint density at radius 2 is 1.30 bits per heavy atom. The molecule has 2 heteroatoms. The van der Waals surface area contributed by atoms with Crippen molar-refractivity contribution in [2.75, 3.05) is 0 Å². The van der Waals surface area contributed by atoms with Crippen LogP contribution in [0, 0.1) is 13.8 Å². The zero-order chi connectivity index (χ0) is 7.98. The molecule has 53 valence electrons. The Bertz CT molecular complexity index is 165. The molecule has 1 N–H and O–H groups in total. The lowest BCUT2D eigenvalue weighted by Gasteiger charge is -1.93. The van der Waals surface area contributed by atoms with Crippen LogP contribution in [0.2, 0.25) is 0 Å². The zero-order valence-corrected chi connectivity index (χ0v) is 7.26. The molecule has 0 saturated carbocycles. The highest BCUT2D eigenvalue weighted by Crippen LogP contribution is 2.02. The van der Waals surface area contributed by atoms with Crippen molar-refractivity contribution in [2.45, 2.75) is 13.8 Å². The monoisotopic (exact) mass is 151 g/mol. The van der Waals surface area contributed by atoms with Crippen LogP contribution in [0.15, 0.2) is 24.3 Å². The molecule has 0 aliphatic rings. The van der Waals surface area contributed by atoms with Gasteiger partial charge in [0.1, 0.15) is 0 Å². The molecule has 0 amide bonds. The normalized spacial score (nSPS) is 8.00. The first-order chi connectivity index (χ1) is 4.80. The summed E-state index contributed by atoms with van der Waals surface area (Å²) in [6.07, 6.45) is 0. The van der Waals surface area contributed by atoms with Crippen molar-refractivity contribution in [3.8, 4) is 0 Å². The summed E-state index contributed by atoms with van der Waals surface area (Å²) < 4.78 is 0. The average molecular weight is 151 g/mol. The predicted molar refractivity (Wildman–Crippen MR) is 43.9 cm³/mol. The molecular weight excluding hydrogens is 140 g/mol. The lowest BCUT2D eigenvalue weighted by atomic mass is 10.1. The largest absolute Gasteiger partial charge is 0.433 e. The third kappa shape index (κ3) is 2.80. The SMILES string of the molecule is Cc1ccccc1C.O[Si]. The minimum atomic E-state index is 1.37. The summed E-state index contributed by atoms with van der Waals surface area (Å²) in [4.78, 5) is 6.81. The quantitative estimate of drug-likeness (QED) is 0.555. The van der Waals surface area contributed by atoms with Crippen molar-refractivity contribution < 1.29 is 4.80 Å². The second kappa shape index (κ2) is 5.20. The highest BCUT2D eigenvalue weighted by atomic mass is 28.2. The third-order valence-electron chi connectivity index (χ3n) is 1.43. The molecule has 0 unspecified atom stereocenters. The van der Waals surface area contributed by atoms with Crippen LogP contribution in [0.5, 0.6) is 0 Å². The van der Waals surface area contributed by atoms with E-state index in [0.717, 1.165) is 0 Å². The molecular formula is C8H11OSi. The molecule has 1 rings (SSSR count). The Morgan fingerprint density at radius 1 is 1.00 bits per heavy atom. The molecule has 0 aliphatic carbocycles. The summed E-state index contributed by atoms with van der Waals surface area (Å²) in [6.45, 7) is 4.24. The molecule has 0 bridgehead atoms. The fourth-order valence-electron chi connectivity index (χ4n) is 0.663. The van der Waals surface area contributed by atoms with E-state index in [1.807, 2.05) is 10.5 Å². The van der Waals surface area contributed by atoms with Crippen molar-refractivity contribution in [3.63, 3.8) is 0 Å². The first kappa shape index (κ1) is 9.40. The summed E-state index contributed by atoms with van der Waals surface area (Å²) in [5.41, 5.74) is 2.74. The summed E-state index contributed by atoms with van der Waals surface area (Å²) in [6, 6.07) is 8.36. The van der Waals surface area contributed by atoms with Gasteiger partial charge in [-0.15, -0.1) is 0 Å². The first-order valence-corrected chi connectivity index (χ1v) is 3.50. The molecule has 0 aliphatic heterocycles. The highest BCUT2D eigenvalue weighted by Gasteiger charge is 1.83. The lowest BCUT2D eigenvalue weighted by Crippen LogP contribution is -1.74. The molecule has 3 radical (unpaired) electrons. The molecule has 1 aromatic rings. The number of aryl methyl sites for hydroxylation is 2. The molecule has 0 aromatic heterocycles. The van der Waals surface area contributed by atoms with Gasteiger partial charge in [0.25, 0.3) is 0 Å². The highest BCUT2D eigenvalue weighted by molar-refractivity contribution is 5.95. The first-order valence-electron chi connectivity index (χ1n) is 3.05. The van der Waals surface area contributed by atoms with Crippen LogP contribution in [0.1, 0.15) is 11.1 Å². The Hall–Kier alpha value is -0.603. The van der Waals surface area contributed by atoms with Crippen molar-refractivity contribution >= 4 is 10.5 Å². The van der Waals surface area contributed by atoms with Crippen molar-refractivity contribution in [1.82, 2.24) is 0 Å². The van der Waals surface area contributed by atoms with Crippen LogP contribution < -0.4 is 0 Å². The van der Waals surface area contributed by atoms with Gasteiger partial charge in [-0.3, -0.25) is 0 Å². The molecule has 10 heavy (non-hydrogen) atoms. The van der Waals surface area contributed by atoms with Crippen molar-refractivity contribution in [1.29, 1.82) is 0 Å². The summed E-state index contributed by atoms with van der Waals surface area (Å²) in [7, 11) is 1.97. The Balaban J connectivity index is 0.000000371. The van der Waals surface area contributed by atoms with Gasteiger partial charge in [0.05, 0.1) is 0 Å². The van der Waals surface area contributed by atoms with Crippen LogP contribution in [0.3, 0.4) is 0 Å². The zero-order valence-electron chi connectivity index (χ0n) is 6.26. The summed E-state index contributed by atoms with van der Waals surface area (Å²) in [5.74, 6) is 0. The minimum absolute atomic E-state index is 1.37. The number of hydrogen-bond donors (Lipinski definition) is 1.